The lowest BCUT2D eigenvalue weighted by Gasteiger charge is -2.18. The number of pyridine rings is 2. The van der Waals surface area contributed by atoms with Crippen LogP contribution in [0.3, 0.4) is 0 Å². The molecular weight excluding hydrogens is 454 g/mol. The molecule has 0 fully saturated rings. The maximum Gasteiger partial charge on any atom is 0.237 e. The zero-order valence-electron chi connectivity index (χ0n) is 20.2. The van der Waals surface area contributed by atoms with Gasteiger partial charge in [-0.1, -0.05) is 49.2 Å². The molecule has 0 aliphatic heterocycles. The summed E-state index contributed by atoms with van der Waals surface area (Å²) in [6.07, 6.45) is 6.16. The second-order valence-electron chi connectivity index (χ2n) is 8.56. The lowest BCUT2D eigenvalue weighted by atomic mass is 9.98. The molecule has 36 heavy (non-hydrogen) atoms. The summed E-state index contributed by atoms with van der Waals surface area (Å²) in [7, 11) is 1.61. The fourth-order valence-corrected chi connectivity index (χ4v) is 4.17. The highest BCUT2D eigenvalue weighted by atomic mass is 16.2. The van der Waals surface area contributed by atoms with Crippen LogP contribution in [0, 0.1) is 5.92 Å². The number of rotatable bonds is 10. The van der Waals surface area contributed by atoms with Crippen LogP contribution in [-0.2, 0) is 14.4 Å². The third-order valence-electron chi connectivity index (χ3n) is 6.09. The number of anilines is 2. The quantitative estimate of drug-likeness (QED) is 0.224. The second kappa shape index (κ2) is 11.9. The molecule has 2 aromatic heterocycles. The van der Waals surface area contributed by atoms with E-state index in [-0.39, 0.29) is 5.91 Å². The van der Waals surface area contributed by atoms with Crippen molar-refractivity contribution < 1.29 is 14.4 Å². The Labute approximate surface area is 209 Å². The molecule has 0 bridgehead atoms. The van der Waals surface area contributed by atoms with Crippen LogP contribution in [0.4, 0.5) is 11.4 Å². The minimum absolute atomic E-state index is 0.0195. The molecule has 0 aliphatic carbocycles. The molecule has 0 atom stereocenters. The summed E-state index contributed by atoms with van der Waals surface area (Å²) in [6, 6.07) is 18.6. The van der Waals surface area contributed by atoms with Crippen molar-refractivity contribution in [3.8, 4) is 0 Å². The fourth-order valence-electron chi connectivity index (χ4n) is 4.17. The van der Waals surface area contributed by atoms with Crippen molar-refractivity contribution in [1.82, 2.24) is 15.3 Å². The number of nitrogens with one attached hydrogen (secondary N) is 3. The van der Waals surface area contributed by atoms with E-state index in [1.54, 1.807) is 31.6 Å². The van der Waals surface area contributed by atoms with Gasteiger partial charge < -0.3 is 16.0 Å². The predicted molar refractivity (Wildman–Crippen MR) is 141 cm³/mol. The van der Waals surface area contributed by atoms with Gasteiger partial charge in [-0.15, -0.1) is 0 Å². The van der Waals surface area contributed by atoms with Gasteiger partial charge in [-0.3, -0.25) is 24.4 Å². The summed E-state index contributed by atoms with van der Waals surface area (Å²) >= 11 is 0. The van der Waals surface area contributed by atoms with Gasteiger partial charge in [-0.05, 0) is 37.1 Å². The maximum atomic E-state index is 13.4. The molecule has 0 aliphatic rings. The zero-order chi connectivity index (χ0) is 25.3. The molecule has 8 nitrogen and oxygen atoms in total. The van der Waals surface area contributed by atoms with Gasteiger partial charge in [-0.25, -0.2) is 0 Å². The summed E-state index contributed by atoms with van der Waals surface area (Å²) in [4.78, 5) is 47.1. The molecule has 0 saturated heterocycles. The maximum absolute atomic E-state index is 13.4. The van der Waals surface area contributed by atoms with Gasteiger partial charge in [0.25, 0.3) is 0 Å². The van der Waals surface area contributed by atoms with Crippen molar-refractivity contribution in [1.29, 1.82) is 0 Å². The van der Waals surface area contributed by atoms with Crippen molar-refractivity contribution in [3.05, 3.63) is 73.1 Å². The van der Waals surface area contributed by atoms with E-state index in [9.17, 15) is 14.4 Å². The Morgan fingerprint density at radius 2 is 1.25 bits per heavy atom. The molecule has 8 heteroatoms. The molecule has 2 heterocycles. The number of aromatic nitrogens is 2. The molecule has 3 amide bonds. The van der Waals surface area contributed by atoms with Crippen LogP contribution in [0.5, 0.6) is 0 Å². The molecule has 0 saturated carbocycles. The van der Waals surface area contributed by atoms with E-state index in [2.05, 4.69) is 25.9 Å². The van der Waals surface area contributed by atoms with E-state index in [4.69, 9.17) is 0 Å². The van der Waals surface area contributed by atoms with Gasteiger partial charge in [0.05, 0.1) is 22.4 Å². The lowest BCUT2D eigenvalue weighted by Crippen LogP contribution is -2.34. The number of benzene rings is 2. The molecule has 3 N–H and O–H groups in total. The van der Waals surface area contributed by atoms with E-state index in [0.717, 1.165) is 17.2 Å². The SMILES string of the molecule is CNC(=O)CCCCCC(C(=O)Nc1cccc2cccnc12)C(=O)Nc1cccc2cccnc12. The van der Waals surface area contributed by atoms with Gasteiger partial charge in [0.1, 0.15) is 5.92 Å². The number of amides is 3. The minimum atomic E-state index is -0.928. The van der Waals surface area contributed by atoms with Crippen molar-refractivity contribution in [3.63, 3.8) is 0 Å². The number of hydrogen-bond donors (Lipinski definition) is 3. The zero-order valence-corrected chi connectivity index (χ0v) is 20.2. The Kier molecular flexibility index (Phi) is 8.18. The summed E-state index contributed by atoms with van der Waals surface area (Å²) in [5.41, 5.74) is 2.44. The molecule has 0 spiro atoms. The molecule has 4 rings (SSSR count). The second-order valence-corrected chi connectivity index (χ2v) is 8.56. The van der Waals surface area contributed by atoms with E-state index < -0.39 is 17.7 Å². The standard InChI is InChI=1S/C28H29N5O3/c1-29-24(34)16-4-2-3-13-21(27(35)32-22-14-5-9-19-11-7-17-30-25(19)22)28(36)33-23-15-6-10-20-12-8-18-31-26(20)23/h5-12,14-15,17-18,21H,2-4,13,16H2,1H3,(H,29,34)(H,32,35)(H,33,36). The molecule has 0 unspecified atom stereocenters. The van der Waals surface area contributed by atoms with E-state index >= 15 is 0 Å². The number of hydrogen-bond acceptors (Lipinski definition) is 5. The highest BCUT2D eigenvalue weighted by molar-refractivity contribution is 6.14. The third-order valence-corrected chi connectivity index (χ3v) is 6.09. The van der Waals surface area contributed by atoms with Crippen molar-refractivity contribution in [2.24, 2.45) is 5.92 Å². The first-order valence-corrected chi connectivity index (χ1v) is 12.1. The number of unbranched alkanes of at least 4 members (excludes halogenated alkanes) is 2. The van der Waals surface area contributed by atoms with E-state index in [1.807, 2.05) is 48.5 Å². The van der Waals surface area contributed by atoms with Crippen LogP contribution in [0.2, 0.25) is 0 Å². The number of carbonyl (C=O) groups is 3. The smallest absolute Gasteiger partial charge is 0.237 e. The van der Waals surface area contributed by atoms with Gasteiger partial charge in [0, 0.05) is 36.6 Å². The molecule has 0 radical (unpaired) electrons. The Morgan fingerprint density at radius 3 is 1.78 bits per heavy atom. The highest BCUT2D eigenvalue weighted by Crippen LogP contribution is 2.25. The normalized spacial score (nSPS) is 10.9. The Bertz CT molecular complexity index is 1280. The van der Waals surface area contributed by atoms with Crippen molar-refractivity contribution >= 4 is 50.9 Å². The fraction of sp³-hybridized carbons (Fsp3) is 0.250. The van der Waals surface area contributed by atoms with E-state index in [0.29, 0.717) is 48.1 Å². The number of nitrogens with zero attached hydrogens (tertiary/aromatic N) is 2. The number of para-hydroxylation sites is 2. The lowest BCUT2D eigenvalue weighted by molar-refractivity contribution is -0.129. The highest BCUT2D eigenvalue weighted by Gasteiger charge is 2.27. The largest absolute Gasteiger partial charge is 0.359 e. The topological polar surface area (TPSA) is 113 Å². The van der Waals surface area contributed by atoms with Gasteiger partial charge in [0.2, 0.25) is 17.7 Å². The average Bonchev–Trinajstić information content (AvgIpc) is 2.90. The van der Waals surface area contributed by atoms with Gasteiger partial charge in [0.15, 0.2) is 0 Å². The molecular formula is C28H29N5O3. The average molecular weight is 484 g/mol. The monoisotopic (exact) mass is 483 g/mol. The van der Waals surface area contributed by atoms with Crippen LogP contribution in [-0.4, -0.2) is 34.7 Å². The molecule has 4 aromatic rings. The first kappa shape index (κ1) is 24.8. The summed E-state index contributed by atoms with van der Waals surface area (Å²) in [5, 5.41) is 10.2. The third kappa shape index (κ3) is 6.02. The summed E-state index contributed by atoms with van der Waals surface area (Å²) in [6.45, 7) is 0. The van der Waals surface area contributed by atoms with Crippen LogP contribution >= 0.6 is 0 Å². The molecule has 2 aromatic carbocycles. The summed E-state index contributed by atoms with van der Waals surface area (Å²) < 4.78 is 0. The van der Waals surface area contributed by atoms with Gasteiger partial charge >= 0.3 is 0 Å². The van der Waals surface area contributed by atoms with Crippen molar-refractivity contribution in [2.75, 3.05) is 17.7 Å². The van der Waals surface area contributed by atoms with Crippen molar-refractivity contribution in [2.45, 2.75) is 32.1 Å². The Morgan fingerprint density at radius 1 is 0.722 bits per heavy atom. The Balaban J connectivity index is 1.52. The van der Waals surface area contributed by atoms with Gasteiger partial charge in [-0.2, -0.15) is 0 Å². The first-order chi connectivity index (χ1) is 17.6. The number of fused-ring (bicyclic) bond motifs is 2. The first-order valence-electron chi connectivity index (χ1n) is 12.1. The van der Waals surface area contributed by atoms with Crippen LogP contribution < -0.4 is 16.0 Å². The van der Waals surface area contributed by atoms with Crippen LogP contribution in [0.1, 0.15) is 32.1 Å². The summed E-state index contributed by atoms with van der Waals surface area (Å²) in [5.74, 6) is -1.74. The number of carbonyl (C=O) groups excluding carboxylic acids is 3. The Hall–Kier alpha value is -4.33. The molecule has 184 valence electrons. The van der Waals surface area contributed by atoms with Crippen LogP contribution in [0.15, 0.2) is 73.1 Å². The predicted octanol–water partition coefficient (Wildman–Crippen LogP) is 4.67. The minimum Gasteiger partial charge on any atom is -0.359 e. The van der Waals surface area contributed by atoms with Crippen LogP contribution in [0.25, 0.3) is 21.8 Å². The van der Waals surface area contributed by atoms with E-state index in [1.165, 1.54) is 0 Å².